The molecule has 0 aromatic heterocycles. The van der Waals surface area contributed by atoms with Gasteiger partial charge in [-0.2, -0.15) is 0 Å². The topological polar surface area (TPSA) is 49.9 Å². The van der Waals surface area contributed by atoms with Crippen molar-refractivity contribution in [2.75, 3.05) is 0 Å². The lowest BCUT2D eigenvalue weighted by molar-refractivity contribution is -0.145. The second-order valence-electron chi connectivity index (χ2n) is 2.98. The number of halogens is 2. The maximum absolute atomic E-state index is 13.2. The summed E-state index contributed by atoms with van der Waals surface area (Å²) in [6.45, 7) is 0. The summed E-state index contributed by atoms with van der Waals surface area (Å²) in [4.78, 5) is 22.4. The molecule has 6 heteroatoms. The maximum atomic E-state index is 13.2. The van der Waals surface area contributed by atoms with Crippen LogP contribution in [0, 0.1) is 0 Å². The fourth-order valence-corrected chi connectivity index (χ4v) is 1.31. The smallest absolute Gasteiger partial charge is 0.232 e. The van der Waals surface area contributed by atoms with Crippen LogP contribution in [0.5, 0.6) is 0 Å². The van der Waals surface area contributed by atoms with Gasteiger partial charge in [0.05, 0.1) is 0 Å². The van der Waals surface area contributed by atoms with Crippen LogP contribution in [0.25, 0.3) is 0 Å². The van der Waals surface area contributed by atoms with Gasteiger partial charge in [-0.1, -0.05) is 0 Å². The van der Waals surface area contributed by atoms with Gasteiger partial charge in [-0.25, -0.2) is 13.7 Å². The Balaban J connectivity index is 2.06. The molecular formula is C7H7F2NO3. The Morgan fingerprint density at radius 2 is 1.85 bits per heavy atom. The molecule has 2 heterocycles. The van der Waals surface area contributed by atoms with E-state index in [2.05, 4.69) is 4.74 Å². The highest BCUT2D eigenvalue weighted by Crippen LogP contribution is 2.32. The zero-order chi connectivity index (χ0) is 9.59. The summed E-state index contributed by atoms with van der Waals surface area (Å²) >= 11 is 0. The van der Waals surface area contributed by atoms with E-state index >= 15 is 0 Å². The molecule has 0 aromatic carbocycles. The number of hydrogen-bond donors (Lipinski definition) is 0. The van der Waals surface area contributed by atoms with Crippen LogP contribution in [0.3, 0.4) is 0 Å². The Hall–Kier alpha value is -1.04. The minimum absolute atomic E-state index is 0.00290. The predicted molar refractivity (Wildman–Crippen MR) is 35.8 cm³/mol. The Morgan fingerprint density at radius 3 is 2.23 bits per heavy atom. The van der Waals surface area contributed by atoms with E-state index in [1.807, 2.05) is 0 Å². The van der Waals surface area contributed by atoms with Crippen LogP contribution >= 0.6 is 0 Å². The lowest BCUT2D eigenvalue weighted by Crippen LogP contribution is -2.40. The van der Waals surface area contributed by atoms with E-state index in [4.69, 9.17) is 0 Å². The Morgan fingerprint density at radius 1 is 1.38 bits per heavy atom. The van der Waals surface area contributed by atoms with Crippen molar-refractivity contribution >= 4 is 11.8 Å². The summed E-state index contributed by atoms with van der Waals surface area (Å²) in [5.74, 6) is -1.19. The third-order valence-corrected chi connectivity index (χ3v) is 2.08. The van der Waals surface area contributed by atoms with Crippen LogP contribution < -0.4 is 0 Å². The number of nitrogens with zero attached hydrogens (tertiary/aromatic N) is 1. The van der Waals surface area contributed by atoms with E-state index in [0.29, 0.717) is 4.90 Å². The van der Waals surface area contributed by atoms with Gasteiger partial charge in [-0.15, -0.1) is 0 Å². The van der Waals surface area contributed by atoms with Crippen molar-refractivity contribution in [3.63, 3.8) is 0 Å². The van der Waals surface area contributed by atoms with Gasteiger partial charge in [0.15, 0.2) is 6.10 Å². The molecule has 2 aliphatic heterocycles. The number of epoxide rings is 1. The van der Waals surface area contributed by atoms with Crippen LogP contribution in [0.4, 0.5) is 8.78 Å². The van der Waals surface area contributed by atoms with Crippen LogP contribution in [0.2, 0.25) is 0 Å². The number of hydrogen-bond acceptors (Lipinski definition) is 3. The fraction of sp³-hybridized carbons (Fsp3) is 0.714. The van der Waals surface area contributed by atoms with Gasteiger partial charge in [0.25, 0.3) is 0 Å². The standard InChI is InChI=1S/C7H7F2NO3/c8-6(5-7(9)13-5)10-3(11)1-2-4(10)12/h5-7H,1-2H2. The van der Waals surface area contributed by atoms with Gasteiger partial charge in [0.1, 0.15) is 0 Å². The first-order valence-electron chi connectivity index (χ1n) is 3.90. The molecule has 0 radical (unpaired) electrons. The Bertz CT molecular complexity index is 254. The third-order valence-electron chi connectivity index (χ3n) is 2.08. The molecule has 0 aliphatic carbocycles. The molecule has 72 valence electrons. The number of amides is 2. The minimum atomic E-state index is -1.96. The summed E-state index contributed by atoms with van der Waals surface area (Å²) in [7, 11) is 0. The van der Waals surface area contributed by atoms with Gasteiger partial charge >= 0.3 is 0 Å². The van der Waals surface area contributed by atoms with Gasteiger partial charge in [0, 0.05) is 12.8 Å². The molecule has 0 spiro atoms. The first-order valence-corrected chi connectivity index (χ1v) is 3.90. The van der Waals surface area contributed by atoms with E-state index in [0.717, 1.165) is 0 Å². The zero-order valence-electron chi connectivity index (χ0n) is 6.57. The summed E-state index contributed by atoms with van der Waals surface area (Å²) in [5, 5.41) is 0. The second kappa shape index (κ2) is 2.73. The van der Waals surface area contributed by atoms with Crippen molar-refractivity contribution in [3.8, 4) is 0 Å². The molecule has 0 saturated carbocycles. The molecule has 0 bridgehead atoms. The van der Waals surface area contributed by atoms with Gasteiger partial charge in [-0.05, 0) is 0 Å². The summed E-state index contributed by atoms with van der Waals surface area (Å²) in [6, 6.07) is 0. The zero-order valence-corrected chi connectivity index (χ0v) is 6.57. The van der Waals surface area contributed by atoms with Crippen LogP contribution in [0.15, 0.2) is 0 Å². The molecule has 0 aromatic rings. The average molecular weight is 191 g/mol. The van der Waals surface area contributed by atoms with Crippen molar-refractivity contribution in [3.05, 3.63) is 0 Å². The molecule has 2 fully saturated rings. The van der Waals surface area contributed by atoms with E-state index in [1.54, 1.807) is 0 Å². The van der Waals surface area contributed by atoms with Crippen molar-refractivity contribution in [2.45, 2.75) is 31.6 Å². The number of ether oxygens (including phenoxy) is 1. The molecule has 13 heavy (non-hydrogen) atoms. The molecule has 2 rings (SSSR count). The number of imide groups is 1. The fourth-order valence-electron chi connectivity index (χ4n) is 1.31. The first-order chi connectivity index (χ1) is 6.11. The number of likely N-dealkylation sites (tertiary alicyclic amines) is 1. The quantitative estimate of drug-likeness (QED) is 0.354. The lowest BCUT2D eigenvalue weighted by Gasteiger charge is -2.16. The molecule has 3 unspecified atom stereocenters. The number of carbonyl (C=O) groups is 2. The normalized spacial score (nSPS) is 35.4. The maximum Gasteiger partial charge on any atom is 0.232 e. The first kappa shape index (κ1) is 8.55. The molecule has 2 saturated heterocycles. The molecule has 2 aliphatic rings. The summed E-state index contributed by atoms with van der Waals surface area (Å²) in [6.07, 6.45) is -4.91. The summed E-state index contributed by atoms with van der Waals surface area (Å²) < 4.78 is 29.6. The monoisotopic (exact) mass is 191 g/mol. The van der Waals surface area contributed by atoms with Crippen LogP contribution in [-0.4, -0.2) is 35.5 Å². The van der Waals surface area contributed by atoms with Gasteiger partial charge in [0.2, 0.25) is 24.5 Å². The van der Waals surface area contributed by atoms with E-state index < -0.39 is 30.6 Å². The summed E-state index contributed by atoms with van der Waals surface area (Å²) in [5.41, 5.74) is 0. The molecule has 3 atom stereocenters. The Kier molecular flexibility index (Phi) is 1.80. The third kappa shape index (κ3) is 1.31. The van der Waals surface area contributed by atoms with E-state index in [1.165, 1.54) is 0 Å². The van der Waals surface area contributed by atoms with Crippen LogP contribution in [0.1, 0.15) is 12.8 Å². The highest BCUT2D eigenvalue weighted by molar-refractivity contribution is 6.02. The molecule has 4 nitrogen and oxygen atoms in total. The minimum Gasteiger partial charge on any atom is -0.332 e. The number of alkyl halides is 2. The second-order valence-corrected chi connectivity index (χ2v) is 2.98. The van der Waals surface area contributed by atoms with Crippen molar-refractivity contribution in [1.82, 2.24) is 4.90 Å². The molecule has 0 N–H and O–H groups in total. The lowest BCUT2D eigenvalue weighted by atomic mass is 10.4. The number of carbonyl (C=O) groups excluding carboxylic acids is 2. The van der Waals surface area contributed by atoms with Crippen molar-refractivity contribution in [2.24, 2.45) is 0 Å². The highest BCUT2D eigenvalue weighted by Gasteiger charge is 2.52. The molecule has 2 amide bonds. The average Bonchev–Trinajstić information content (AvgIpc) is 2.70. The highest BCUT2D eigenvalue weighted by atomic mass is 19.2. The Labute approximate surface area is 72.4 Å². The van der Waals surface area contributed by atoms with Crippen LogP contribution in [-0.2, 0) is 14.3 Å². The van der Waals surface area contributed by atoms with Crippen molar-refractivity contribution in [1.29, 1.82) is 0 Å². The molecular weight excluding hydrogens is 184 g/mol. The van der Waals surface area contributed by atoms with Gasteiger partial charge < -0.3 is 4.74 Å². The van der Waals surface area contributed by atoms with Gasteiger partial charge in [-0.3, -0.25) is 9.59 Å². The predicted octanol–water partition coefficient (Wildman–Crippen LogP) is 0.125. The van der Waals surface area contributed by atoms with E-state index in [9.17, 15) is 18.4 Å². The largest absolute Gasteiger partial charge is 0.332 e. The van der Waals surface area contributed by atoms with E-state index in [-0.39, 0.29) is 12.8 Å². The number of rotatable bonds is 2. The van der Waals surface area contributed by atoms with Crippen molar-refractivity contribution < 1.29 is 23.1 Å². The SMILES string of the molecule is O=C1CCC(=O)N1C(F)C1OC1F.